The highest BCUT2D eigenvalue weighted by Gasteiger charge is 2.08. The van der Waals surface area contributed by atoms with Crippen LogP contribution in [0.15, 0.2) is 18.2 Å². The standard InChI is InChI=1S/C11H13ClFO2/c1-8(7-14)9-4-10(13)6-11(5-9)15-3-2-12/h4-6,8,14H,1-3,7H2. The van der Waals surface area contributed by atoms with Crippen LogP contribution in [0.5, 0.6) is 5.75 Å². The minimum Gasteiger partial charge on any atom is -0.492 e. The first-order valence-corrected chi connectivity index (χ1v) is 5.14. The smallest absolute Gasteiger partial charge is 0.127 e. The maximum absolute atomic E-state index is 13.1. The fraction of sp³-hybridized carbons (Fsp3) is 0.364. The van der Waals surface area contributed by atoms with Crippen molar-refractivity contribution in [2.24, 2.45) is 0 Å². The van der Waals surface area contributed by atoms with E-state index < -0.39 is 5.82 Å². The van der Waals surface area contributed by atoms with E-state index in [-0.39, 0.29) is 12.5 Å². The molecule has 83 valence electrons. The van der Waals surface area contributed by atoms with Crippen LogP contribution in [0.2, 0.25) is 0 Å². The Labute approximate surface area is 93.6 Å². The van der Waals surface area contributed by atoms with Crippen molar-refractivity contribution in [1.29, 1.82) is 0 Å². The Kier molecular flexibility index (Phi) is 4.85. The minimum absolute atomic E-state index is 0.127. The summed E-state index contributed by atoms with van der Waals surface area (Å²) in [5.41, 5.74) is 0.613. The second kappa shape index (κ2) is 5.93. The Morgan fingerprint density at radius 2 is 2.20 bits per heavy atom. The topological polar surface area (TPSA) is 29.5 Å². The molecule has 0 fully saturated rings. The molecule has 2 nitrogen and oxygen atoms in total. The third kappa shape index (κ3) is 3.68. The summed E-state index contributed by atoms with van der Waals surface area (Å²) in [6.45, 7) is 3.89. The lowest BCUT2D eigenvalue weighted by molar-refractivity contribution is 0.281. The maximum Gasteiger partial charge on any atom is 0.127 e. The van der Waals surface area contributed by atoms with Gasteiger partial charge in [0.2, 0.25) is 0 Å². The van der Waals surface area contributed by atoms with Crippen molar-refractivity contribution in [3.05, 3.63) is 36.5 Å². The van der Waals surface area contributed by atoms with E-state index in [9.17, 15) is 4.39 Å². The number of hydrogen-bond acceptors (Lipinski definition) is 2. The summed E-state index contributed by atoms with van der Waals surface area (Å²) in [5.74, 6) is 0.00518. The number of aliphatic hydroxyl groups is 1. The second-order valence-electron chi connectivity index (χ2n) is 3.14. The van der Waals surface area contributed by atoms with Gasteiger partial charge in [0.15, 0.2) is 0 Å². The van der Waals surface area contributed by atoms with Crippen molar-refractivity contribution >= 4 is 11.6 Å². The molecule has 0 aliphatic rings. The first-order chi connectivity index (χ1) is 7.17. The number of rotatable bonds is 5. The van der Waals surface area contributed by atoms with Crippen molar-refractivity contribution in [2.75, 3.05) is 19.1 Å². The van der Waals surface area contributed by atoms with Crippen LogP contribution in [0, 0.1) is 12.7 Å². The number of hydrogen-bond donors (Lipinski definition) is 1. The molecule has 1 unspecified atom stereocenters. The van der Waals surface area contributed by atoms with Gasteiger partial charge in [0, 0.05) is 18.6 Å². The maximum atomic E-state index is 13.1. The molecule has 1 rings (SSSR count). The normalized spacial score (nSPS) is 12.5. The third-order valence-corrected chi connectivity index (χ3v) is 2.09. The van der Waals surface area contributed by atoms with Crippen LogP contribution < -0.4 is 4.74 Å². The molecule has 0 spiro atoms. The lowest BCUT2D eigenvalue weighted by atomic mass is 10.0. The van der Waals surface area contributed by atoms with E-state index in [4.69, 9.17) is 21.4 Å². The van der Waals surface area contributed by atoms with Crippen molar-refractivity contribution in [2.45, 2.75) is 5.92 Å². The van der Waals surface area contributed by atoms with Crippen molar-refractivity contribution in [1.82, 2.24) is 0 Å². The molecule has 0 amide bonds. The van der Waals surface area contributed by atoms with Gasteiger partial charge in [-0.05, 0) is 24.6 Å². The summed E-state index contributed by atoms with van der Waals surface area (Å²) >= 11 is 5.45. The van der Waals surface area contributed by atoms with Crippen LogP contribution >= 0.6 is 11.6 Å². The molecule has 1 atom stereocenters. The van der Waals surface area contributed by atoms with Gasteiger partial charge in [-0.15, -0.1) is 11.6 Å². The predicted octanol–water partition coefficient (Wildman–Crippen LogP) is 2.35. The molecule has 1 radical (unpaired) electrons. The quantitative estimate of drug-likeness (QED) is 0.789. The molecule has 0 saturated heterocycles. The Bertz CT molecular complexity index is 317. The fourth-order valence-electron chi connectivity index (χ4n) is 1.17. The summed E-state index contributed by atoms with van der Waals surface area (Å²) in [4.78, 5) is 0. The van der Waals surface area contributed by atoms with Gasteiger partial charge in [0.25, 0.3) is 0 Å². The molecular formula is C11H13ClFO2. The van der Waals surface area contributed by atoms with Crippen molar-refractivity contribution in [3.8, 4) is 5.75 Å². The Hall–Kier alpha value is -0.800. The first-order valence-electron chi connectivity index (χ1n) is 4.60. The van der Waals surface area contributed by atoms with E-state index in [1.54, 1.807) is 6.07 Å². The molecule has 0 bridgehead atoms. The fourth-order valence-corrected chi connectivity index (χ4v) is 1.24. The molecule has 0 aliphatic heterocycles. The monoisotopic (exact) mass is 231 g/mol. The van der Waals surface area contributed by atoms with Crippen molar-refractivity contribution < 1.29 is 14.2 Å². The summed E-state index contributed by atoms with van der Waals surface area (Å²) < 4.78 is 18.3. The van der Waals surface area contributed by atoms with E-state index in [2.05, 4.69) is 6.92 Å². The zero-order valence-electron chi connectivity index (χ0n) is 8.25. The van der Waals surface area contributed by atoms with Gasteiger partial charge in [-0.1, -0.05) is 0 Å². The van der Waals surface area contributed by atoms with Crippen LogP contribution in [0.4, 0.5) is 4.39 Å². The number of aliphatic hydroxyl groups excluding tert-OH is 1. The molecule has 1 N–H and O–H groups in total. The molecule has 0 aliphatic carbocycles. The highest BCUT2D eigenvalue weighted by atomic mass is 35.5. The zero-order chi connectivity index (χ0) is 11.3. The van der Waals surface area contributed by atoms with Crippen LogP contribution in [0.1, 0.15) is 11.5 Å². The second-order valence-corrected chi connectivity index (χ2v) is 3.52. The average Bonchev–Trinajstić information content (AvgIpc) is 2.24. The van der Waals surface area contributed by atoms with Crippen LogP contribution in [0.25, 0.3) is 0 Å². The Balaban J connectivity index is 2.84. The molecular weight excluding hydrogens is 219 g/mol. The summed E-state index contributed by atoms with van der Waals surface area (Å²) in [5, 5.41) is 8.90. The SMILES string of the molecule is [CH2]C(CO)c1cc(F)cc(OCCCl)c1. The van der Waals surface area contributed by atoms with Gasteiger partial charge in [-0.3, -0.25) is 0 Å². The molecule has 1 aromatic rings. The largest absolute Gasteiger partial charge is 0.492 e. The van der Waals surface area contributed by atoms with Crippen LogP contribution in [-0.4, -0.2) is 24.2 Å². The van der Waals surface area contributed by atoms with Gasteiger partial charge < -0.3 is 9.84 Å². The Morgan fingerprint density at radius 1 is 1.47 bits per heavy atom. The molecule has 0 heterocycles. The predicted molar refractivity (Wildman–Crippen MR) is 57.8 cm³/mol. The number of alkyl halides is 1. The van der Waals surface area contributed by atoms with E-state index >= 15 is 0 Å². The van der Waals surface area contributed by atoms with Gasteiger partial charge in [-0.2, -0.15) is 0 Å². The van der Waals surface area contributed by atoms with Crippen molar-refractivity contribution in [3.63, 3.8) is 0 Å². The van der Waals surface area contributed by atoms with E-state index in [0.29, 0.717) is 23.8 Å². The highest BCUT2D eigenvalue weighted by Crippen LogP contribution is 2.22. The molecule has 4 heteroatoms. The van der Waals surface area contributed by atoms with Crippen LogP contribution in [0.3, 0.4) is 0 Å². The van der Waals surface area contributed by atoms with E-state index in [0.717, 1.165) is 0 Å². The average molecular weight is 232 g/mol. The summed E-state index contributed by atoms with van der Waals surface area (Å²) in [7, 11) is 0. The molecule has 0 aromatic heterocycles. The first kappa shape index (κ1) is 12.3. The molecule has 1 aromatic carbocycles. The lowest BCUT2D eigenvalue weighted by Gasteiger charge is -2.11. The zero-order valence-corrected chi connectivity index (χ0v) is 9.01. The van der Waals surface area contributed by atoms with Gasteiger partial charge in [-0.25, -0.2) is 4.39 Å². The Morgan fingerprint density at radius 3 is 2.80 bits per heavy atom. The number of halogens is 2. The van der Waals surface area contributed by atoms with E-state index in [1.165, 1.54) is 12.1 Å². The third-order valence-electron chi connectivity index (χ3n) is 1.93. The highest BCUT2D eigenvalue weighted by molar-refractivity contribution is 6.17. The van der Waals surface area contributed by atoms with E-state index in [1.807, 2.05) is 0 Å². The van der Waals surface area contributed by atoms with Gasteiger partial charge in [0.1, 0.15) is 18.2 Å². The number of ether oxygens (including phenoxy) is 1. The van der Waals surface area contributed by atoms with Gasteiger partial charge in [0.05, 0.1) is 5.88 Å². The van der Waals surface area contributed by atoms with Crippen LogP contribution in [-0.2, 0) is 0 Å². The lowest BCUT2D eigenvalue weighted by Crippen LogP contribution is -2.03. The summed E-state index contributed by atoms with van der Waals surface area (Å²) in [6.07, 6.45) is 0. The molecule has 15 heavy (non-hydrogen) atoms. The molecule has 0 saturated carbocycles. The summed E-state index contributed by atoms with van der Waals surface area (Å²) in [6, 6.07) is 4.27. The number of benzene rings is 1. The van der Waals surface area contributed by atoms with Gasteiger partial charge >= 0.3 is 0 Å². The minimum atomic E-state index is -0.404.